The monoisotopic (exact) mass is 255 g/mol. The average Bonchev–Trinajstić information content (AvgIpc) is 2.31. The Morgan fingerprint density at radius 2 is 1.76 bits per heavy atom. The summed E-state index contributed by atoms with van der Waals surface area (Å²) < 4.78 is 22.2. The summed E-state index contributed by atoms with van der Waals surface area (Å²) in [5.74, 6) is 1.30. The van der Waals surface area contributed by atoms with E-state index in [9.17, 15) is 4.57 Å². The Morgan fingerprint density at radius 1 is 1.18 bits per heavy atom. The molecule has 0 N–H and O–H groups in total. The van der Waals surface area contributed by atoms with Gasteiger partial charge in [0.15, 0.2) is 0 Å². The highest BCUT2D eigenvalue weighted by molar-refractivity contribution is 7.69. The Bertz CT molecular complexity index is 382. The fraction of sp³-hybridized carbons (Fsp3) is 0.417. The summed E-state index contributed by atoms with van der Waals surface area (Å²) in [6.07, 6.45) is 0. The second-order valence-electron chi connectivity index (χ2n) is 3.32. The Balaban J connectivity index is 2.58. The maximum Gasteiger partial charge on any atom is 0.371 e. The third-order valence-corrected chi connectivity index (χ3v) is 3.64. The standard InChI is InChI=1S/C12H18NO3P/c1-3-15-17(14,16-4-2)11-13-10-12-8-6-5-7-9-12/h5-9,11H,3-4,10H2,1-2H3. The van der Waals surface area contributed by atoms with Gasteiger partial charge in [-0.15, -0.1) is 0 Å². The van der Waals surface area contributed by atoms with Crippen LogP contribution in [-0.4, -0.2) is 19.2 Å². The minimum absolute atomic E-state index is 0.342. The highest BCUT2D eigenvalue weighted by Gasteiger charge is 2.19. The zero-order valence-electron chi connectivity index (χ0n) is 10.2. The van der Waals surface area contributed by atoms with E-state index in [2.05, 4.69) is 4.99 Å². The van der Waals surface area contributed by atoms with E-state index in [0.717, 1.165) is 5.56 Å². The van der Waals surface area contributed by atoms with Gasteiger partial charge in [0.25, 0.3) is 0 Å². The molecule has 4 nitrogen and oxygen atoms in total. The van der Waals surface area contributed by atoms with Gasteiger partial charge in [0.1, 0.15) is 5.96 Å². The van der Waals surface area contributed by atoms with Crippen LogP contribution in [0.2, 0.25) is 0 Å². The molecule has 0 saturated heterocycles. The summed E-state index contributed by atoms with van der Waals surface area (Å²) >= 11 is 0. The van der Waals surface area contributed by atoms with Crippen molar-refractivity contribution in [1.29, 1.82) is 0 Å². The van der Waals surface area contributed by atoms with E-state index in [1.54, 1.807) is 13.8 Å². The van der Waals surface area contributed by atoms with E-state index in [4.69, 9.17) is 9.05 Å². The minimum Gasteiger partial charge on any atom is -0.305 e. The maximum absolute atomic E-state index is 12.0. The SMILES string of the molecule is CCOP(=O)(C=NCc1ccccc1)OCC. The first-order valence-electron chi connectivity index (χ1n) is 5.64. The number of benzene rings is 1. The van der Waals surface area contributed by atoms with E-state index >= 15 is 0 Å². The second-order valence-corrected chi connectivity index (χ2v) is 5.14. The average molecular weight is 255 g/mol. The lowest BCUT2D eigenvalue weighted by atomic mass is 10.2. The van der Waals surface area contributed by atoms with Crippen molar-refractivity contribution in [3.63, 3.8) is 0 Å². The summed E-state index contributed by atoms with van der Waals surface area (Å²) in [6.45, 7) is 4.71. The molecule has 1 aromatic carbocycles. The van der Waals surface area contributed by atoms with Crippen LogP contribution in [0.15, 0.2) is 35.3 Å². The molecule has 5 heteroatoms. The van der Waals surface area contributed by atoms with E-state index in [0.29, 0.717) is 19.8 Å². The minimum atomic E-state index is -3.15. The summed E-state index contributed by atoms with van der Waals surface area (Å²) in [5, 5.41) is 0. The normalized spacial score (nSPS) is 12.1. The van der Waals surface area contributed by atoms with E-state index in [1.807, 2.05) is 30.3 Å². The highest BCUT2D eigenvalue weighted by Crippen LogP contribution is 2.45. The van der Waals surface area contributed by atoms with E-state index in [1.165, 1.54) is 5.96 Å². The fourth-order valence-corrected chi connectivity index (χ4v) is 2.50. The Kier molecular flexibility index (Phi) is 6.12. The molecule has 0 unspecified atom stereocenters. The quantitative estimate of drug-likeness (QED) is 0.553. The Hall–Kier alpha value is -0.960. The summed E-state index contributed by atoms with van der Waals surface area (Å²) in [7, 11) is -3.15. The molecule has 0 radical (unpaired) electrons. The van der Waals surface area contributed by atoms with Crippen LogP contribution in [0.25, 0.3) is 0 Å². The first-order chi connectivity index (χ1) is 8.20. The van der Waals surface area contributed by atoms with Crippen LogP contribution in [0.5, 0.6) is 0 Å². The van der Waals surface area contributed by atoms with Gasteiger partial charge in [-0.05, 0) is 19.4 Å². The Morgan fingerprint density at radius 3 is 2.29 bits per heavy atom. The van der Waals surface area contributed by atoms with Gasteiger partial charge in [-0.2, -0.15) is 0 Å². The molecule has 0 spiro atoms. The molecule has 0 aromatic heterocycles. The zero-order valence-corrected chi connectivity index (χ0v) is 11.1. The van der Waals surface area contributed by atoms with Gasteiger partial charge in [0.05, 0.1) is 19.8 Å². The summed E-state index contributed by atoms with van der Waals surface area (Å²) in [4.78, 5) is 4.11. The van der Waals surface area contributed by atoms with Crippen molar-refractivity contribution < 1.29 is 13.6 Å². The van der Waals surface area contributed by atoms with Crippen LogP contribution in [0.3, 0.4) is 0 Å². The number of hydrogen-bond acceptors (Lipinski definition) is 4. The molecule has 1 rings (SSSR count). The topological polar surface area (TPSA) is 47.9 Å². The van der Waals surface area contributed by atoms with Gasteiger partial charge in [0, 0.05) is 0 Å². The summed E-state index contributed by atoms with van der Waals surface area (Å²) in [5.41, 5.74) is 1.06. The van der Waals surface area contributed by atoms with Crippen molar-refractivity contribution >= 4 is 13.6 Å². The molecule has 1 aromatic rings. The van der Waals surface area contributed by atoms with E-state index in [-0.39, 0.29) is 0 Å². The smallest absolute Gasteiger partial charge is 0.305 e. The third kappa shape index (κ3) is 5.26. The number of hydrogen-bond donors (Lipinski definition) is 0. The van der Waals surface area contributed by atoms with Crippen molar-refractivity contribution in [3.8, 4) is 0 Å². The predicted molar refractivity (Wildman–Crippen MR) is 69.5 cm³/mol. The molecular weight excluding hydrogens is 237 g/mol. The summed E-state index contributed by atoms with van der Waals surface area (Å²) in [6, 6.07) is 9.75. The van der Waals surface area contributed by atoms with Gasteiger partial charge >= 0.3 is 7.60 Å². The number of aliphatic imine (C=N–C) groups is 1. The molecule has 0 atom stereocenters. The lowest BCUT2D eigenvalue weighted by Crippen LogP contribution is -1.96. The fourth-order valence-electron chi connectivity index (χ4n) is 1.29. The Labute approximate surface area is 102 Å². The van der Waals surface area contributed by atoms with Crippen molar-refractivity contribution in [2.24, 2.45) is 4.99 Å². The molecule has 0 heterocycles. The van der Waals surface area contributed by atoms with Crippen molar-refractivity contribution in [1.82, 2.24) is 0 Å². The largest absolute Gasteiger partial charge is 0.371 e. The molecule has 0 aliphatic rings. The van der Waals surface area contributed by atoms with Crippen molar-refractivity contribution in [3.05, 3.63) is 35.9 Å². The molecule has 0 fully saturated rings. The van der Waals surface area contributed by atoms with Gasteiger partial charge < -0.3 is 9.05 Å². The molecule has 0 aliphatic heterocycles. The van der Waals surface area contributed by atoms with Crippen LogP contribution in [0, 0.1) is 0 Å². The lowest BCUT2D eigenvalue weighted by molar-refractivity contribution is 0.233. The molecule has 17 heavy (non-hydrogen) atoms. The van der Waals surface area contributed by atoms with Crippen LogP contribution in [0.1, 0.15) is 19.4 Å². The van der Waals surface area contributed by atoms with Gasteiger partial charge in [-0.25, -0.2) is 0 Å². The van der Waals surface area contributed by atoms with Gasteiger partial charge in [-0.3, -0.25) is 9.56 Å². The lowest BCUT2D eigenvalue weighted by Gasteiger charge is -2.11. The number of nitrogens with zero attached hydrogens (tertiary/aromatic N) is 1. The van der Waals surface area contributed by atoms with E-state index < -0.39 is 7.60 Å². The first kappa shape index (κ1) is 14.1. The van der Waals surface area contributed by atoms with Crippen LogP contribution in [0.4, 0.5) is 0 Å². The van der Waals surface area contributed by atoms with Crippen molar-refractivity contribution in [2.75, 3.05) is 13.2 Å². The highest BCUT2D eigenvalue weighted by atomic mass is 31.2. The second kappa shape index (κ2) is 7.38. The predicted octanol–water partition coefficient (Wildman–Crippen LogP) is 3.48. The van der Waals surface area contributed by atoms with Crippen LogP contribution < -0.4 is 0 Å². The number of rotatable bonds is 7. The van der Waals surface area contributed by atoms with Crippen LogP contribution in [-0.2, 0) is 20.2 Å². The third-order valence-electron chi connectivity index (χ3n) is 1.96. The zero-order chi connectivity index (χ0) is 12.6. The van der Waals surface area contributed by atoms with Gasteiger partial charge in [0.2, 0.25) is 0 Å². The van der Waals surface area contributed by atoms with Crippen molar-refractivity contribution in [2.45, 2.75) is 20.4 Å². The molecule has 0 amide bonds. The van der Waals surface area contributed by atoms with Crippen LogP contribution >= 0.6 is 7.60 Å². The molecule has 0 bridgehead atoms. The molecule has 0 aliphatic carbocycles. The first-order valence-corrected chi connectivity index (χ1v) is 7.25. The molecular formula is C12H18NO3P. The van der Waals surface area contributed by atoms with Gasteiger partial charge in [-0.1, -0.05) is 30.3 Å². The maximum atomic E-state index is 12.0. The molecule has 0 saturated carbocycles. The molecule has 94 valence electrons.